The summed E-state index contributed by atoms with van der Waals surface area (Å²) >= 11 is 9.41. The van der Waals surface area contributed by atoms with Crippen LogP contribution < -0.4 is 10.6 Å². The lowest BCUT2D eigenvalue weighted by Gasteiger charge is -2.10. The van der Waals surface area contributed by atoms with Gasteiger partial charge >= 0.3 is 0 Å². The number of benzene rings is 2. The van der Waals surface area contributed by atoms with Crippen molar-refractivity contribution < 1.29 is 9.59 Å². The van der Waals surface area contributed by atoms with Crippen LogP contribution in [0.1, 0.15) is 17.5 Å². The van der Waals surface area contributed by atoms with Gasteiger partial charge in [-0.2, -0.15) is 0 Å². The molecule has 0 atom stereocenters. The lowest BCUT2D eigenvalue weighted by atomic mass is 10.2. The number of anilines is 2. The van der Waals surface area contributed by atoms with Gasteiger partial charge in [-0.25, -0.2) is 0 Å². The maximum absolute atomic E-state index is 12.0. The third-order valence-corrected chi connectivity index (χ3v) is 4.58. The van der Waals surface area contributed by atoms with Gasteiger partial charge in [0.15, 0.2) is 0 Å². The van der Waals surface area contributed by atoms with Crippen LogP contribution in [0, 0.1) is 13.8 Å². The average Bonchev–Trinajstić information content (AvgIpc) is 2.47. The molecular weight excluding hydrogens is 380 g/mol. The predicted octanol–water partition coefficient (Wildman–Crippen LogP) is 4.69. The summed E-state index contributed by atoms with van der Waals surface area (Å²) in [6, 6.07) is 10.7. The van der Waals surface area contributed by atoms with Gasteiger partial charge in [-0.1, -0.05) is 39.7 Å². The molecule has 0 aliphatic heterocycles. The van der Waals surface area contributed by atoms with E-state index in [1.54, 1.807) is 30.3 Å². The Hall–Kier alpha value is -1.85. The topological polar surface area (TPSA) is 58.2 Å². The minimum Gasteiger partial charge on any atom is -0.326 e. The summed E-state index contributed by atoms with van der Waals surface area (Å²) in [6.07, 6.45) is -0.266. The molecule has 2 aromatic carbocycles. The molecule has 23 heavy (non-hydrogen) atoms. The molecule has 6 heteroatoms. The Morgan fingerprint density at radius 1 is 1.09 bits per heavy atom. The first-order valence-corrected chi connectivity index (χ1v) is 8.15. The van der Waals surface area contributed by atoms with Crippen molar-refractivity contribution in [2.75, 3.05) is 10.6 Å². The molecule has 0 unspecified atom stereocenters. The van der Waals surface area contributed by atoms with Crippen molar-refractivity contribution in [1.82, 2.24) is 0 Å². The van der Waals surface area contributed by atoms with Gasteiger partial charge in [-0.05, 0) is 49.2 Å². The van der Waals surface area contributed by atoms with Crippen molar-refractivity contribution >= 4 is 50.7 Å². The first-order chi connectivity index (χ1) is 10.9. The molecule has 0 saturated carbocycles. The fourth-order valence-electron chi connectivity index (χ4n) is 1.96. The zero-order valence-electron chi connectivity index (χ0n) is 12.7. The smallest absolute Gasteiger partial charge is 0.233 e. The summed E-state index contributed by atoms with van der Waals surface area (Å²) in [6.45, 7) is 3.76. The van der Waals surface area contributed by atoms with Crippen molar-refractivity contribution in [2.45, 2.75) is 20.3 Å². The van der Waals surface area contributed by atoms with E-state index in [4.69, 9.17) is 11.6 Å². The SMILES string of the molecule is Cc1ccc(NC(=O)CC(=O)Nc2cccc(Cl)c2C)cc1Br. The van der Waals surface area contributed by atoms with Crippen molar-refractivity contribution in [1.29, 1.82) is 0 Å². The predicted molar refractivity (Wildman–Crippen MR) is 96.9 cm³/mol. The van der Waals surface area contributed by atoms with Gasteiger partial charge in [0.1, 0.15) is 6.42 Å². The molecule has 2 aromatic rings. The first-order valence-electron chi connectivity index (χ1n) is 6.98. The Morgan fingerprint density at radius 3 is 2.48 bits per heavy atom. The number of aryl methyl sites for hydroxylation is 1. The second-order valence-corrected chi connectivity index (χ2v) is 6.41. The van der Waals surface area contributed by atoms with Crippen molar-refractivity contribution in [3.8, 4) is 0 Å². The fourth-order valence-corrected chi connectivity index (χ4v) is 2.51. The van der Waals surface area contributed by atoms with E-state index >= 15 is 0 Å². The van der Waals surface area contributed by atoms with E-state index < -0.39 is 0 Å². The third-order valence-electron chi connectivity index (χ3n) is 3.32. The molecule has 0 spiro atoms. The van der Waals surface area contributed by atoms with Gasteiger partial charge in [-0.15, -0.1) is 0 Å². The average molecular weight is 396 g/mol. The molecule has 0 heterocycles. The van der Waals surface area contributed by atoms with Gasteiger partial charge in [0.2, 0.25) is 11.8 Å². The summed E-state index contributed by atoms with van der Waals surface area (Å²) < 4.78 is 0.898. The van der Waals surface area contributed by atoms with E-state index in [1.165, 1.54) is 0 Å². The van der Waals surface area contributed by atoms with Crippen LogP contribution in [0.3, 0.4) is 0 Å². The molecular formula is C17H16BrClN2O2. The van der Waals surface area contributed by atoms with Gasteiger partial charge in [0.05, 0.1) is 0 Å². The maximum atomic E-state index is 12.0. The normalized spacial score (nSPS) is 10.3. The molecule has 120 valence electrons. The highest BCUT2D eigenvalue weighted by Crippen LogP contribution is 2.23. The standard InChI is InChI=1S/C17H16BrClN2O2/c1-10-6-7-12(8-13(10)18)20-16(22)9-17(23)21-15-5-3-4-14(19)11(15)2/h3-8H,9H2,1-2H3,(H,20,22)(H,21,23). The molecule has 0 bridgehead atoms. The van der Waals surface area contributed by atoms with Crippen molar-refractivity contribution in [2.24, 2.45) is 0 Å². The Morgan fingerprint density at radius 2 is 1.78 bits per heavy atom. The number of hydrogen-bond acceptors (Lipinski definition) is 2. The number of rotatable bonds is 4. The van der Waals surface area contributed by atoms with Crippen LogP contribution >= 0.6 is 27.5 Å². The Bertz CT molecular complexity index is 762. The molecule has 0 radical (unpaired) electrons. The lowest BCUT2D eigenvalue weighted by molar-refractivity contribution is -0.123. The van der Waals surface area contributed by atoms with Crippen LogP contribution in [-0.2, 0) is 9.59 Å². The quantitative estimate of drug-likeness (QED) is 0.738. The van der Waals surface area contributed by atoms with Gasteiger partial charge in [0, 0.05) is 20.9 Å². The monoisotopic (exact) mass is 394 g/mol. The van der Waals surface area contributed by atoms with Crippen molar-refractivity contribution in [3.63, 3.8) is 0 Å². The van der Waals surface area contributed by atoms with E-state index in [9.17, 15) is 9.59 Å². The van der Waals surface area contributed by atoms with E-state index in [-0.39, 0.29) is 18.2 Å². The number of halogens is 2. The van der Waals surface area contributed by atoms with Gasteiger partial charge < -0.3 is 10.6 Å². The van der Waals surface area contributed by atoms with E-state index in [0.717, 1.165) is 15.6 Å². The van der Waals surface area contributed by atoms with Crippen LogP contribution in [0.15, 0.2) is 40.9 Å². The minimum absolute atomic E-state index is 0.266. The van der Waals surface area contributed by atoms with E-state index in [1.807, 2.05) is 19.9 Å². The zero-order valence-corrected chi connectivity index (χ0v) is 15.1. The Kier molecular flexibility index (Phi) is 5.80. The highest BCUT2D eigenvalue weighted by Gasteiger charge is 2.12. The van der Waals surface area contributed by atoms with E-state index in [2.05, 4.69) is 26.6 Å². The summed E-state index contributed by atoms with van der Waals surface area (Å²) in [7, 11) is 0. The van der Waals surface area contributed by atoms with Crippen LogP contribution in [0.25, 0.3) is 0 Å². The second-order valence-electron chi connectivity index (χ2n) is 5.15. The number of amides is 2. The highest BCUT2D eigenvalue weighted by atomic mass is 79.9. The molecule has 2 N–H and O–H groups in total. The summed E-state index contributed by atoms with van der Waals surface area (Å²) in [4.78, 5) is 23.9. The number of carbonyl (C=O) groups excluding carboxylic acids is 2. The minimum atomic E-state index is -0.390. The fraction of sp³-hybridized carbons (Fsp3) is 0.176. The summed E-state index contributed by atoms with van der Waals surface area (Å²) in [5.74, 6) is -0.767. The first kappa shape index (κ1) is 17.5. The van der Waals surface area contributed by atoms with Crippen LogP contribution in [0.5, 0.6) is 0 Å². The highest BCUT2D eigenvalue weighted by molar-refractivity contribution is 9.10. The molecule has 0 aromatic heterocycles. The number of hydrogen-bond donors (Lipinski definition) is 2. The number of carbonyl (C=O) groups is 2. The van der Waals surface area contributed by atoms with Gasteiger partial charge in [-0.3, -0.25) is 9.59 Å². The van der Waals surface area contributed by atoms with Crippen LogP contribution in [-0.4, -0.2) is 11.8 Å². The molecule has 2 rings (SSSR count). The molecule has 0 aliphatic rings. The maximum Gasteiger partial charge on any atom is 0.233 e. The van der Waals surface area contributed by atoms with Gasteiger partial charge in [0.25, 0.3) is 0 Å². The molecule has 2 amide bonds. The Balaban J connectivity index is 1.95. The van der Waals surface area contributed by atoms with Crippen molar-refractivity contribution in [3.05, 3.63) is 57.0 Å². The molecule has 0 aliphatic carbocycles. The molecule has 0 saturated heterocycles. The Labute approximate surface area is 148 Å². The summed E-state index contributed by atoms with van der Waals surface area (Å²) in [5.41, 5.74) is 3.08. The van der Waals surface area contributed by atoms with E-state index in [0.29, 0.717) is 16.4 Å². The van der Waals surface area contributed by atoms with Crippen LogP contribution in [0.2, 0.25) is 5.02 Å². The lowest BCUT2D eigenvalue weighted by Crippen LogP contribution is -2.21. The summed E-state index contributed by atoms with van der Waals surface area (Å²) in [5, 5.41) is 5.96. The largest absolute Gasteiger partial charge is 0.326 e. The number of nitrogens with one attached hydrogen (secondary N) is 2. The molecule has 4 nitrogen and oxygen atoms in total. The zero-order chi connectivity index (χ0) is 17.0. The second kappa shape index (κ2) is 7.62. The third kappa shape index (κ3) is 4.81. The van der Waals surface area contributed by atoms with Crippen LogP contribution in [0.4, 0.5) is 11.4 Å². The molecule has 0 fully saturated rings.